The second-order valence-electron chi connectivity index (χ2n) is 8.64. The maximum absolute atomic E-state index is 14.5. The third-order valence-corrected chi connectivity index (χ3v) is 8.33. The zero-order chi connectivity index (χ0) is 23.5. The summed E-state index contributed by atoms with van der Waals surface area (Å²) >= 11 is 8.27. The number of hydrogen-bond donors (Lipinski definition) is 2. The van der Waals surface area contributed by atoms with Crippen LogP contribution in [-0.2, 0) is 21.0 Å². The van der Waals surface area contributed by atoms with Crippen molar-refractivity contribution < 1.29 is 18.4 Å². The second-order valence-corrected chi connectivity index (χ2v) is 10.9. The van der Waals surface area contributed by atoms with Crippen molar-refractivity contribution in [1.82, 2.24) is 5.32 Å². The lowest BCUT2D eigenvalue weighted by molar-refractivity contribution is 0.276. The molecular formula is C25H33ClFNO3PS+. The fraction of sp³-hybridized carbons (Fsp3) is 0.520. The van der Waals surface area contributed by atoms with Crippen molar-refractivity contribution in [3.63, 3.8) is 0 Å². The highest BCUT2D eigenvalue weighted by Gasteiger charge is 2.36. The second kappa shape index (κ2) is 13.8. The van der Waals surface area contributed by atoms with Crippen LogP contribution in [0, 0.1) is 5.82 Å². The van der Waals surface area contributed by atoms with E-state index in [1.807, 2.05) is 18.2 Å². The van der Waals surface area contributed by atoms with Gasteiger partial charge in [0.15, 0.2) is 0 Å². The van der Waals surface area contributed by atoms with Crippen molar-refractivity contribution >= 4 is 31.6 Å². The Labute approximate surface area is 206 Å². The van der Waals surface area contributed by atoms with Gasteiger partial charge in [0, 0.05) is 16.0 Å². The van der Waals surface area contributed by atoms with Gasteiger partial charge >= 0.3 is 8.25 Å². The van der Waals surface area contributed by atoms with Gasteiger partial charge in [0.1, 0.15) is 12.4 Å². The molecule has 1 unspecified atom stereocenters. The molecule has 0 spiro atoms. The summed E-state index contributed by atoms with van der Waals surface area (Å²) in [4.78, 5) is 9.68. The lowest BCUT2D eigenvalue weighted by Gasteiger charge is -2.30. The Morgan fingerprint density at radius 2 is 1.94 bits per heavy atom. The fourth-order valence-corrected chi connectivity index (χ4v) is 6.27. The molecule has 0 radical (unpaired) electrons. The number of hydrogen-bond acceptors (Lipinski definition) is 4. The van der Waals surface area contributed by atoms with Gasteiger partial charge in [0.05, 0.1) is 5.02 Å². The molecule has 1 fully saturated rings. The number of unbranched alkanes of at least 4 members (excludes halogenated alkanes) is 1. The van der Waals surface area contributed by atoms with E-state index in [0.717, 1.165) is 58.9 Å². The van der Waals surface area contributed by atoms with Crippen molar-refractivity contribution in [3.8, 4) is 0 Å². The molecule has 1 saturated carbocycles. The van der Waals surface area contributed by atoms with Crippen molar-refractivity contribution in [2.75, 3.05) is 18.9 Å². The molecule has 0 heterocycles. The van der Waals surface area contributed by atoms with Crippen LogP contribution in [0.5, 0.6) is 0 Å². The summed E-state index contributed by atoms with van der Waals surface area (Å²) in [7, 11) is -2.51. The van der Waals surface area contributed by atoms with E-state index in [-0.39, 0.29) is 17.8 Å². The molecule has 0 amide bonds. The Morgan fingerprint density at radius 3 is 2.67 bits per heavy atom. The minimum Gasteiger partial charge on any atom is -0.313 e. The summed E-state index contributed by atoms with van der Waals surface area (Å²) in [6.45, 7) is 1.65. The molecule has 2 aromatic rings. The van der Waals surface area contributed by atoms with Crippen LogP contribution < -0.4 is 5.32 Å². The molecule has 3 rings (SSSR count). The summed E-state index contributed by atoms with van der Waals surface area (Å²) in [5, 5.41) is 4.04. The lowest BCUT2D eigenvalue weighted by Crippen LogP contribution is -2.23. The summed E-state index contributed by atoms with van der Waals surface area (Å²) < 4.78 is 29.6. The lowest BCUT2D eigenvalue weighted by atomic mass is 9.75. The first-order chi connectivity index (χ1) is 16.0. The van der Waals surface area contributed by atoms with Crippen LogP contribution >= 0.6 is 31.6 Å². The van der Waals surface area contributed by atoms with Gasteiger partial charge in [-0.2, -0.15) is 0 Å². The van der Waals surface area contributed by atoms with Crippen molar-refractivity contribution in [3.05, 3.63) is 64.4 Å². The van der Waals surface area contributed by atoms with E-state index in [1.165, 1.54) is 12.8 Å². The van der Waals surface area contributed by atoms with E-state index in [9.17, 15) is 8.96 Å². The monoisotopic (exact) mass is 512 g/mol. The maximum Gasteiger partial charge on any atom is 0.694 e. The average Bonchev–Trinajstić information content (AvgIpc) is 3.27. The molecule has 33 heavy (non-hydrogen) atoms. The van der Waals surface area contributed by atoms with Gasteiger partial charge in [-0.1, -0.05) is 55.1 Å². The van der Waals surface area contributed by atoms with Gasteiger partial charge < -0.3 is 5.32 Å². The van der Waals surface area contributed by atoms with Crippen molar-refractivity contribution in [2.24, 2.45) is 0 Å². The molecule has 0 bridgehead atoms. The van der Waals surface area contributed by atoms with Gasteiger partial charge in [-0.05, 0) is 79.1 Å². The summed E-state index contributed by atoms with van der Waals surface area (Å²) in [6, 6.07) is 13.5. The van der Waals surface area contributed by atoms with Crippen LogP contribution in [0.3, 0.4) is 0 Å². The highest BCUT2D eigenvalue weighted by Crippen LogP contribution is 2.46. The van der Waals surface area contributed by atoms with Gasteiger partial charge in [-0.3, -0.25) is 0 Å². The number of rotatable bonds is 14. The zero-order valence-corrected chi connectivity index (χ0v) is 21.4. The summed E-state index contributed by atoms with van der Waals surface area (Å²) in [5.41, 5.74) is 2.04. The molecular weight excluding hydrogens is 480 g/mol. The summed E-state index contributed by atoms with van der Waals surface area (Å²) in [5.74, 6) is 0.947. The molecule has 4 nitrogen and oxygen atoms in total. The third kappa shape index (κ3) is 8.31. The topological polar surface area (TPSA) is 58.6 Å². The Kier molecular flexibility index (Phi) is 11.1. The van der Waals surface area contributed by atoms with Gasteiger partial charge in [-0.15, -0.1) is 21.2 Å². The van der Waals surface area contributed by atoms with Crippen LogP contribution in [0.2, 0.25) is 5.02 Å². The van der Waals surface area contributed by atoms with E-state index in [1.54, 1.807) is 23.9 Å². The molecule has 0 aliphatic heterocycles. The SMILES string of the molecule is O=[P+](O)OCCCNCc1ccc(SCCCCC2(c3ccccc3F)CCCC2)c(Cl)c1. The molecule has 2 N–H and O–H groups in total. The predicted molar refractivity (Wildman–Crippen MR) is 135 cm³/mol. The van der Waals surface area contributed by atoms with Gasteiger partial charge in [-0.25, -0.2) is 4.39 Å². The Hall–Kier alpha value is -1.01. The third-order valence-electron chi connectivity index (χ3n) is 6.34. The van der Waals surface area contributed by atoms with Crippen molar-refractivity contribution in [1.29, 1.82) is 0 Å². The molecule has 1 atom stereocenters. The molecule has 1 aliphatic carbocycles. The first-order valence-corrected chi connectivity index (χ1v) is 14.2. The minimum atomic E-state index is -2.51. The highest BCUT2D eigenvalue weighted by molar-refractivity contribution is 7.99. The Morgan fingerprint density at radius 1 is 1.15 bits per heavy atom. The fourth-order valence-electron chi connectivity index (χ4n) is 4.69. The zero-order valence-electron chi connectivity index (χ0n) is 18.9. The quantitative estimate of drug-likeness (QED) is 0.157. The number of thioether (sulfide) groups is 1. The first-order valence-electron chi connectivity index (χ1n) is 11.7. The molecule has 2 aromatic carbocycles. The predicted octanol–water partition coefficient (Wildman–Crippen LogP) is 7.40. The van der Waals surface area contributed by atoms with Crippen LogP contribution in [0.15, 0.2) is 47.4 Å². The molecule has 1 aliphatic rings. The Balaban J connectivity index is 1.39. The number of benzene rings is 2. The molecule has 0 saturated heterocycles. The van der Waals surface area contributed by atoms with Gasteiger partial charge in [0.2, 0.25) is 0 Å². The van der Waals surface area contributed by atoms with Crippen LogP contribution in [-0.4, -0.2) is 23.8 Å². The van der Waals surface area contributed by atoms with Crippen molar-refractivity contribution in [2.45, 2.75) is 68.2 Å². The standard InChI is InChI=1S/C25H32ClFNO3PS/c26-22-18-20(19-28-15-7-16-31-32(29)30)10-11-24(22)33-17-6-5-14-25(12-3-4-13-25)21-8-1-2-9-23(21)27/h1-2,8-11,18,28H,3-7,12-17,19H2/p+1. The van der Waals surface area contributed by atoms with Crippen LogP contribution in [0.4, 0.5) is 4.39 Å². The Bertz CT molecular complexity index is 911. The van der Waals surface area contributed by atoms with E-state index in [0.29, 0.717) is 19.5 Å². The first kappa shape index (κ1) is 26.6. The van der Waals surface area contributed by atoms with E-state index >= 15 is 0 Å². The van der Waals surface area contributed by atoms with Crippen LogP contribution in [0.25, 0.3) is 0 Å². The maximum atomic E-state index is 14.5. The normalized spacial score (nSPS) is 15.7. The molecule has 0 aromatic heterocycles. The smallest absolute Gasteiger partial charge is 0.313 e. The minimum absolute atomic E-state index is 0.0180. The van der Waals surface area contributed by atoms with E-state index in [2.05, 4.69) is 22.0 Å². The van der Waals surface area contributed by atoms with E-state index < -0.39 is 8.25 Å². The number of nitrogens with one attached hydrogen (secondary N) is 1. The summed E-state index contributed by atoms with van der Waals surface area (Å²) in [6.07, 6.45) is 8.47. The van der Waals surface area contributed by atoms with Gasteiger partial charge in [0.25, 0.3) is 0 Å². The highest BCUT2D eigenvalue weighted by atomic mass is 35.5. The van der Waals surface area contributed by atoms with Crippen LogP contribution in [0.1, 0.15) is 62.5 Å². The van der Waals surface area contributed by atoms with E-state index in [4.69, 9.17) is 16.5 Å². The molecule has 180 valence electrons. The average molecular weight is 513 g/mol. The number of halogens is 2. The largest absolute Gasteiger partial charge is 0.694 e. The molecule has 8 heteroatoms.